The van der Waals surface area contributed by atoms with Crippen LogP contribution in [0, 0.1) is 10.1 Å². The van der Waals surface area contributed by atoms with Crippen molar-refractivity contribution in [1.29, 1.82) is 0 Å². The van der Waals surface area contributed by atoms with Gasteiger partial charge in [0.15, 0.2) is 4.90 Å². The number of hydrogen-bond donors (Lipinski definition) is 0. The highest BCUT2D eigenvalue weighted by Gasteiger charge is 2.36. The van der Waals surface area contributed by atoms with E-state index in [1.54, 1.807) is 18.2 Å². The van der Waals surface area contributed by atoms with E-state index in [0.29, 0.717) is 0 Å². The average Bonchev–Trinajstić information content (AvgIpc) is 2.55. The van der Waals surface area contributed by atoms with Crippen LogP contribution in [0.3, 0.4) is 0 Å². The number of carbonyl (C=O) groups is 1. The molecule has 1 unspecified atom stereocenters. The molecule has 0 radical (unpaired) electrons. The van der Waals surface area contributed by atoms with Crippen molar-refractivity contribution >= 4 is 38.2 Å². The van der Waals surface area contributed by atoms with Gasteiger partial charge in [-0.1, -0.05) is 30.3 Å². The number of sulfonamides is 1. The summed E-state index contributed by atoms with van der Waals surface area (Å²) in [7, 11) is -4.39. The van der Waals surface area contributed by atoms with Gasteiger partial charge >= 0.3 is 0 Å². The first-order chi connectivity index (χ1) is 11.3. The first-order valence-corrected chi connectivity index (χ1v) is 8.61. The standard InChI is InChI=1S/C15H13ClN2O5S/c1-11(15(16)19)17(12-7-3-2-4-8-12)24(22,23)14-10-6-5-9-13(14)18(20)21/h2-11H,1H3. The zero-order valence-electron chi connectivity index (χ0n) is 12.5. The second-order valence-corrected chi connectivity index (χ2v) is 7.00. The van der Waals surface area contributed by atoms with Gasteiger partial charge < -0.3 is 0 Å². The Morgan fingerprint density at radius 3 is 2.21 bits per heavy atom. The van der Waals surface area contributed by atoms with E-state index in [4.69, 9.17) is 11.6 Å². The van der Waals surface area contributed by atoms with Crippen molar-refractivity contribution in [3.05, 3.63) is 64.7 Å². The quantitative estimate of drug-likeness (QED) is 0.443. The molecule has 0 aliphatic carbocycles. The summed E-state index contributed by atoms with van der Waals surface area (Å²) >= 11 is 5.49. The molecule has 0 aliphatic rings. The number of para-hydroxylation sites is 2. The van der Waals surface area contributed by atoms with Gasteiger partial charge in [0.2, 0.25) is 5.24 Å². The van der Waals surface area contributed by atoms with E-state index in [-0.39, 0.29) is 5.69 Å². The Morgan fingerprint density at radius 1 is 1.12 bits per heavy atom. The van der Waals surface area contributed by atoms with Gasteiger partial charge in [0.05, 0.1) is 10.6 Å². The fraction of sp³-hybridized carbons (Fsp3) is 0.133. The van der Waals surface area contributed by atoms with Crippen LogP contribution in [0.25, 0.3) is 0 Å². The zero-order valence-corrected chi connectivity index (χ0v) is 14.1. The molecule has 0 heterocycles. The number of halogens is 1. The number of benzene rings is 2. The van der Waals surface area contributed by atoms with Gasteiger partial charge in [-0.05, 0) is 36.7 Å². The summed E-state index contributed by atoms with van der Waals surface area (Å²) in [5.41, 5.74) is -0.398. The fourth-order valence-corrected chi connectivity index (χ4v) is 4.11. The molecule has 1 atom stereocenters. The molecule has 24 heavy (non-hydrogen) atoms. The van der Waals surface area contributed by atoms with Crippen molar-refractivity contribution in [1.82, 2.24) is 0 Å². The summed E-state index contributed by atoms with van der Waals surface area (Å²) in [6.07, 6.45) is 0. The molecule has 0 saturated heterocycles. The van der Waals surface area contributed by atoms with Gasteiger partial charge in [0, 0.05) is 6.07 Å². The predicted octanol–water partition coefficient (Wildman–Crippen LogP) is 2.94. The zero-order chi connectivity index (χ0) is 17.9. The van der Waals surface area contributed by atoms with Crippen LogP contribution in [0.15, 0.2) is 59.5 Å². The molecule has 0 aromatic heterocycles. The maximum Gasteiger partial charge on any atom is 0.289 e. The number of anilines is 1. The van der Waals surface area contributed by atoms with Gasteiger partial charge in [-0.3, -0.25) is 19.2 Å². The monoisotopic (exact) mass is 368 g/mol. The maximum absolute atomic E-state index is 13.0. The predicted molar refractivity (Wildman–Crippen MR) is 89.5 cm³/mol. The number of nitro groups is 1. The maximum atomic E-state index is 13.0. The third kappa shape index (κ3) is 3.39. The number of nitro benzene ring substituents is 1. The van der Waals surface area contributed by atoms with Gasteiger partial charge in [-0.15, -0.1) is 0 Å². The molecule has 126 valence electrons. The summed E-state index contributed by atoms with van der Waals surface area (Å²) in [5, 5.41) is 10.3. The number of hydrogen-bond acceptors (Lipinski definition) is 5. The van der Waals surface area contributed by atoms with Crippen LogP contribution in [0.5, 0.6) is 0 Å². The molecule has 0 aliphatic heterocycles. The number of carbonyl (C=O) groups excluding carboxylic acids is 1. The molecular weight excluding hydrogens is 356 g/mol. The van der Waals surface area contributed by atoms with E-state index in [1.807, 2.05) is 0 Å². The summed E-state index contributed by atoms with van der Waals surface area (Å²) in [4.78, 5) is 21.4. The summed E-state index contributed by atoms with van der Waals surface area (Å²) < 4.78 is 26.8. The van der Waals surface area contributed by atoms with E-state index in [1.165, 1.54) is 31.2 Å². The summed E-state index contributed by atoms with van der Waals surface area (Å²) in [6.45, 7) is 1.31. The fourth-order valence-electron chi connectivity index (χ4n) is 2.17. The molecule has 2 rings (SSSR count). The Morgan fingerprint density at radius 2 is 1.67 bits per heavy atom. The molecule has 9 heteroatoms. The third-order valence-corrected chi connectivity index (χ3v) is 5.55. The highest BCUT2D eigenvalue weighted by Crippen LogP contribution is 2.31. The largest absolute Gasteiger partial charge is 0.289 e. The van der Waals surface area contributed by atoms with Gasteiger partial charge in [-0.2, -0.15) is 0 Å². The minimum Gasteiger partial charge on any atom is -0.279 e. The summed E-state index contributed by atoms with van der Waals surface area (Å²) in [5.74, 6) is 0. The highest BCUT2D eigenvalue weighted by molar-refractivity contribution is 7.93. The number of nitrogens with zero attached hydrogens (tertiary/aromatic N) is 2. The second kappa shape index (κ2) is 6.98. The lowest BCUT2D eigenvalue weighted by Gasteiger charge is -2.28. The normalized spacial score (nSPS) is 12.4. The molecule has 0 fully saturated rings. The molecule has 7 nitrogen and oxygen atoms in total. The van der Waals surface area contributed by atoms with Gasteiger partial charge in [-0.25, -0.2) is 8.42 Å². The Labute approximate surface area is 143 Å². The van der Waals surface area contributed by atoms with Crippen molar-refractivity contribution in [3.8, 4) is 0 Å². The molecule has 2 aromatic carbocycles. The van der Waals surface area contributed by atoms with Crippen molar-refractivity contribution in [3.63, 3.8) is 0 Å². The van der Waals surface area contributed by atoms with Gasteiger partial charge in [0.25, 0.3) is 15.7 Å². The lowest BCUT2D eigenvalue weighted by atomic mass is 10.3. The Balaban J connectivity index is 2.70. The second-order valence-electron chi connectivity index (χ2n) is 4.84. The number of rotatable bonds is 6. The Bertz CT molecular complexity index is 870. The molecule has 0 N–H and O–H groups in total. The van der Waals surface area contributed by atoms with Gasteiger partial charge in [0.1, 0.15) is 6.04 Å². The molecule has 2 aromatic rings. The van der Waals surface area contributed by atoms with Crippen LogP contribution in [0.1, 0.15) is 6.92 Å². The van der Waals surface area contributed by atoms with Crippen LogP contribution in [0.4, 0.5) is 11.4 Å². The van der Waals surface area contributed by atoms with Crippen molar-refractivity contribution in [2.45, 2.75) is 17.9 Å². The van der Waals surface area contributed by atoms with Crippen LogP contribution < -0.4 is 4.31 Å². The van der Waals surface area contributed by atoms with E-state index in [0.717, 1.165) is 16.4 Å². The van der Waals surface area contributed by atoms with Crippen molar-refractivity contribution in [2.24, 2.45) is 0 Å². The Hall–Kier alpha value is -2.45. The molecule has 0 spiro atoms. The average molecular weight is 369 g/mol. The van der Waals surface area contributed by atoms with E-state index in [2.05, 4.69) is 0 Å². The molecule has 0 amide bonds. The molecule has 0 bridgehead atoms. The van der Waals surface area contributed by atoms with E-state index in [9.17, 15) is 23.3 Å². The lowest BCUT2D eigenvalue weighted by Crippen LogP contribution is -2.42. The van der Waals surface area contributed by atoms with Crippen molar-refractivity contribution in [2.75, 3.05) is 4.31 Å². The first kappa shape index (κ1) is 17.9. The third-order valence-electron chi connectivity index (χ3n) is 3.29. The van der Waals surface area contributed by atoms with Crippen LogP contribution in [0.2, 0.25) is 0 Å². The minimum absolute atomic E-state index is 0.178. The molecule has 0 saturated carbocycles. The van der Waals surface area contributed by atoms with E-state index < -0.39 is 36.8 Å². The van der Waals surface area contributed by atoms with Crippen LogP contribution >= 0.6 is 11.6 Å². The molecular formula is C15H13ClN2O5S. The Kier molecular flexibility index (Phi) is 5.20. The van der Waals surface area contributed by atoms with Crippen LogP contribution in [-0.2, 0) is 14.8 Å². The SMILES string of the molecule is CC(C(=O)Cl)N(c1ccccc1)S(=O)(=O)c1ccccc1[N+](=O)[O-]. The first-order valence-electron chi connectivity index (χ1n) is 6.79. The smallest absolute Gasteiger partial charge is 0.279 e. The highest BCUT2D eigenvalue weighted by atomic mass is 35.5. The van der Waals surface area contributed by atoms with Crippen molar-refractivity contribution < 1.29 is 18.1 Å². The topological polar surface area (TPSA) is 97.6 Å². The minimum atomic E-state index is -4.39. The summed E-state index contributed by atoms with van der Waals surface area (Å²) in [6, 6.07) is 11.5. The van der Waals surface area contributed by atoms with E-state index >= 15 is 0 Å². The lowest BCUT2D eigenvalue weighted by molar-refractivity contribution is -0.387. The van der Waals surface area contributed by atoms with Crippen LogP contribution in [-0.4, -0.2) is 24.6 Å².